The van der Waals surface area contributed by atoms with Gasteiger partial charge in [-0.2, -0.15) is 39.5 Å². The van der Waals surface area contributed by atoms with Gasteiger partial charge in [-0.05, 0) is 73.2 Å². The summed E-state index contributed by atoms with van der Waals surface area (Å²) in [7, 11) is 0. The van der Waals surface area contributed by atoms with E-state index >= 15 is 0 Å². The molecule has 2 aromatic carbocycles. The first kappa shape index (κ1) is 30.8. The maximum Gasteiger partial charge on any atom is 0.416 e. The number of amides is 1. The van der Waals surface area contributed by atoms with Crippen molar-refractivity contribution >= 4 is 11.8 Å². The van der Waals surface area contributed by atoms with Crippen LogP contribution in [0.25, 0.3) is 11.1 Å². The van der Waals surface area contributed by atoms with Crippen LogP contribution in [0, 0.1) is 5.92 Å². The van der Waals surface area contributed by atoms with Gasteiger partial charge in [-0.3, -0.25) is 4.90 Å². The van der Waals surface area contributed by atoms with E-state index in [0.29, 0.717) is 17.2 Å². The highest BCUT2D eigenvalue weighted by atomic mass is 19.4. The van der Waals surface area contributed by atoms with Gasteiger partial charge < -0.3 is 9.64 Å². The van der Waals surface area contributed by atoms with Crippen LogP contribution in [0.15, 0.2) is 65.8 Å². The Bertz CT molecular complexity index is 1440. The Morgan fingerprint density at radius 1 is 0.884 bits per heavy atom. The highest BCUT2D eigenvalue weighted by Crippen LogP contribution is 2.44. The lowest BCUT2D eigenvalue weighted by Crippen LogP contribution is -2.38. The Kier molecular flexibility index (Phi) is 7.97. The van der Waals surface area contributed by atoms with Crippen LogP contribution in [0.4, 0.5) is 50.0 Å². The fourth-order valence-corrected chi connectivity index (χ4v) is 5.91. The molecule has 2 fully saturated rings. The molecule has 1 amide bonds. The predicted octanol–water partition coefficient (Wildman–Crippen LogP) is 8.68. The third-order valence-corrected chi connectivity index (χ3v) is 8.13. The molecule has 3 atom stereocenters. The van der Waals surface area contributed by atoms with E-state index < -0.39 is 72.4 Å². The van der Waals surface area contributed by atoms with E-state index in [1.807, 2.05) is 12.1 Å². The van der Waals surface area contributed by atoms with E-state index in [1.165, 1.54) is 13.0 Å². The summed E-state index contributed by atoms with van der Waals surface area (Å²) in [6, 6.07) is 9.29. The molecule has 2 saturated heterocycles. The van der Waals surface area contributed by atoms with Gasteiger partial charge in [0.1, 0.15) is 6.10 Å². The van der Waals surface area contributed by atoms with Crippen LogP contribution in [0.3, 0.4) is 0 Å². The molecule has 0 aromatic heterocycles. The normalized spacial score (nSPS) is 23.4. The quantitative estimate of drug-likeness (QED) is 0.315. The standard InChI is InChI=1S/C30H27F9N2O2/c1-17-26(19-11-22(29(34,35)36)15-23(12-19)30(37,38)39)43-27(42)41(17)16-20-13-21(28(31,32)33)7-8-25(20)18-5-4-6-24(14-18)40-9-2-3-10-40/h4-8,11,13-15,17,19,26H,2-3,9-10,12,16H2,1H3/t17-,19?,26-/m0/s1. The fraction of sp³-hybridized carbons (Fsp3) is 0.433. The minimum Gasteiger partial charge on any atom is -0.443 e. The van der Waals surface area contributed by atoms with Crippen molar-refractivity contribution in [3.8, 4) is 11.1 Å². The lowest BCUT2D eigenvalue weighted by Gasteiger charge is -2.30. The number of carbonyl (C=O) groups excluding carboxylic acids is 1. The highest BCUT2D eigenvalue weighted by molar-refractivity contribution is 5.74. The van der Waals surface area contributed by atoms with Gasteiger partial charge in [0, 0.05) is 30.3 Å². The number of nitrogens with zero attached hydrogens (tertiary/aromatic N) is 2. The van der Waals surface area contributed by atoms with Gasteiger partial charge in [0.25, 0.3) is 0 Å². The van der Waals surface area contributed by atoms with E-state index in [2.05, 4.69) is 4.90 Å². The molecule has 0 radical (unpaired) electrons. The van der Waals surface area contributed by atoms with Crippen LogP contribution in [0.5, 0.6) is 0 Å². The molecule has 1 unspecified atom stereocenters. The Morgan fingerprint density at radius 3 is 2.21 bits per heavy atom. The number of carbonyl (C=O) groups is 1. The summed E-state index contributed by atoms with van der Waals surface area (Å²) in [6.07, 6.45) is -15.4. The number of ether oxygens (including phenoxy) is 1. The molecule has 5 rings (SSSR count). The molecule has 0 bridgehead atoms. The summed E-state index contributed by atoms with van der Waals surface area (Å²) in [6.45, 7) is 2.65. The lowest BCUT2D eigenvalue weighted by atomic mass is 9.83. The van der Waals surface area contributed by atoms with Gasteiger partial charge in [0.15, 0.2) is 0 Å². The van der Waals surface area contributed by atoms with Gasteiger partial charge >= 0.3 is 24.6 Å². The van der Waals surface area contributed by atoms with Crippen molar-refractivity contribution in [3.63, 3.8) is 0 Å². The molecule has 2 aromatic rings. The largest absolute Gasteiger partial charge is 0.443 e. The van der Waals surface area contributed by atoms with Crippen molar-refractivity contribution in [2.24, 2.45) is 5.92 Å². The second kappa shape index (κ2) is 11.1. The van der Waals surface area contributed by atoms with Crippen LogP contribution in [-0.4, -0.2) is 48.6 Å². The van der Waals surface area contributed by atoms with Crippen molar-refractivity contribution in [2.45, 2.75) is 63.4 Å². The van der Waals surface area contributed by atoms with Crippen molar-refractivity contribution in [3.05, 3.63) is 76.9 Å². The van der Waals surface area contributed by atoms with Gasteiger partial charge in [-0.1, -0.05) is 24.3 Å². The predicted molar refractivity (Wildman–Crippen MR) is 140 cm³/mol. The number of hydrogen-bond donors (Lipinski definition) is 0. The first-order valence-corrected chi connectivity index (χ1v) is 13.6. The van der Waals surface area contributed by atoms with Crippen LogP contribution >= 0.6 is 0 Å². The summed E-state index contributed by atoms with van der Waals surface area (Å²) in [5, 5.41) is 0. The number of rotatable bonds is 5. The minimum absolute atomic E-state index is 0.0425. The molecular weight excluding hydrogens is 591 g/mol. The van der Waals surface area contributed by atoms with E-state index in [0.717, 1.165) is 48.7 Å². The molecule has 43 heavy (non-hydrogen) atoms. The SMILES string of the molecule is C[C@H]1[C@@H](C2C=C(C(F)(F)F)C=C(C(F)(F)F)C2)OC(=O)N1Cc1cc(C(F)(F)F)ccc1-c1cccc(N2CCCC2)c1. The number of alkyl halides is 9. The van der Waals surface area contributed by atoms with Crippen LogP contribution < -0.4 is 4.90 Å². The number of cyclic esters (lactones) is 1. The Balaban J connectivity index is 1.47. The maximum absolute atomic E-state index is 13.7. The van der Waals surface area contributed by atoms with E-state index in [9.17, 15) is 44.3 Å². The zero-order valence-corrected chi connectivity index (χ0v) is 22.8. The molecule has 232 valence electrons. The van der Waals surface area contributed by atoms with Gasteiger partial charge in [-0.15, -0.1) is 0 Å². The third-order valence-electron chi connectivity index (χ3n) is 8.13. The number of halogens is 9. The number of anilines is 1. The van der Waals surface area contributed by atoms with E-state index in [4.69, 9.17) is 4.74 Å². The second-order valence-corrected chi connectivity index (χ2v) is 11.0. The second-order valence-electron chi connectivity index (χ2n) is 11.0. The fourth-order valence-electron chi connectivity index (χ4n) is 5.91. The molecule has 0 N–H and O–H groups in total. The smallest absolute Gasteiger partial charge is 0.416 e. The van der Waals surface area contributed by atoms with Gasteiger partial charge in [0.2, 0.25) is 0 Å². The summed E-state index contributed by atoms with van der Waals surface area (Å²) in [5.41, 5.74) is -1.91. The first-order chi connectivity index (χ1) is 20.0. The molecule has 0 spiro atoms. The lowest BCUT2D eigenvalue weighted by molar-refractivity contribution is -0.137. The third kappa shape index (κ3) is 6.50. The van der Waals surface area contributed by atoms with Crippen molar-refractivity contribution < 1.29 is 49.0 Å². The summed E-state index contributed by atoms with van der Waals surface area (Å²) in [5.74, 6) is -1.46. The Labute approximate surface area is 241 Å². The van der Waals surface area contributed by atoms with Crippen LogP contribution in [0.2, 0.25) is 0 Å². The molecule has 0 saturated carbocycles. The Morgan fingerprint density at radius 2 is 1.58 bits per heavy atom. The van der Waals surface area contributed by atoms with Crippen LogP contribution in [-0.2, 0) is 17.5 Å². The molecule has 3 aliphatic rings. The van der Waals surface area contributed by atoms with Gasteiger partial charge in [-0.25, -0.2) is 4.79 Å². The monoisotopic (exact) mass is 618 g/mol. The highest BCUT2D eigenvalue weighted by Gasteiger charge is 2.48. The van der Waals surface area contributed by atoms with Crippen molar-refractivity contribution in [1.82, 2.24) is 4.90 Å². The van der Waals surface area contributed by atoms with E-state index in [1.54, 1.807) is 12.1 Å². The molecule has 13 heteroatoms. The van der Waals surface area contributed by atoms with Crippen molar-refractivity contribution in [1.29, 1.82) is 0 Å². The molecule has 2 aliphatic heterocycles. The maximum atomic E-state index is 13.7. The number of allylic oxidation sites excluding steroid dienone is 3. The zero-order chi connectivity index (χ0) is 31.3. The van der Waals surface area contributed by atoms with Crippen LogP contribution in [0.1, 0.15) is 37.3 Å². The first-order valence-electron chi connectivity index (χ1n) is 13.6. The summed E-state index contributed by atoms with van der Waals surface area (Å²) in [4.78, 5) is 16.1. The van der Waals surface area contributed by atoms with Crippen molar-refractivity contribution in [2.75, 3.05) is 18.0 Å². The molecule has 4 nitrogen and oxygen atoms in total. The summed E-state index contributed by atoms with van der Waals surface area (Å²) < 4.78 is 127. The number of hydrogen-bond acceptors (Lipinski definition) is 3. The minimum atomic E-state index is -5.07. The number of benzene rings is 2. The molecule has 2 heterocycles. The average molecular weight is 619 g/mol. The average Bonchev–Trinajstić information content (AvgIpc) is 3.56. The zero-order valence-electron chi connectivity index (χ0n) is 22.8. The summed E-state index contributed by atoms with van der Waals surface area (Å²) >= 11 is 0. The molecule has 1 aliphatic carbocycles. The Hall–Kier alpha value is -3.64. The topological polar surface area (TPSA) is 32.8 Å². The van der Waals surface area contributed by atoms with E-state index in [-0.39, 0.29) is 11.6 Å². The molecular formula is C30H27F9N2O2. The van der Waals surface area contributed by atoms with Gasteiger partial charge in [0.05, 0.1) is 23.7 Å².